The number of benzene rings is 1. The summed E-state index contributed by atoms with van der Waals surface area (Å²) < 4.78 is 12.0. The van der Waals surface area contributed by atoms with Gasteiger partial charge in [-0.3, -0.25) is 0 Å². The average Bonchev–Trinajstić information content (AvgIpc) is 2.75. The fourth-order valence-corrected chi connectivity index (χ4v) is 2.56. The van der Waals surface area contributed by atoms with Crippen LogP contribution in [0.25, 0.3) is 0 Å². The van der Waals surface area contributed by atoms with Gasteiger partial charge in [0.2, 0.25) is 0 Å². The van der Waals surface area contributed by atoms with Crippen LogP contribution in [-0.4, -0.2) is 25.3 Å². The molecule has 17 heavy (non-hydrogen) atoms. The molecule has 2 aliphatic rings. The van der Waals surface area contributed by atoms with Crippen LogP contribution in [0.1, 0.15) is 30.3 Å². The van der Waals surface area contributed by atoms with Crippen molar-refractivity contribution in [2.45, 2.75) is 31.7 Å². The van der Waals surface area contributed by atoms with Gasteiger partial charge in [0.1, 0.15) is 0 Å². The molecule has 2 aliphatic heterocycles. The van der Waals surface area contributed by atoms with Crippen molar-refractivity contribution < 1.29 is 9.47 Å². The van der Waals surface area contributed by atoms with Gasteiger partial charge < -0.3 is 14.8 Å². The van der Waals surface area contributed by atoms with Crippen molar-refractivity contribution in [1.29, 1.82) is 0 Å². The molecule has 3 heteroatoms. The Kier molecular flexibility index (Phi) is 2.90. The molecule has 1 unspecified atom stereocenters. The van der Waals surface area contributed by atoms with Crippen LogP contribution in [0.2, 0.25) is 0 Å². The number of hydrogen-bond acceptors (Lipinski definition) is 3. The van der Waals surface area contributed by atoms with E-state index in [1.807, 2.05) is 0 Å². The van der Waals surface area contributed by atoms with Crippen LogP contribution in [-0.2, 0) is 9.47 Å². The molecule has 0 aromatic heterocycles. The highest BCUT2D eigenvalue weighted by Gasteiger charge is 2.42. The molecule has 1 aromatic carbocycles. The predicted molar refractivity (Wildman–Crippen MR) is 65.8 cm³/mol. The van der Waals surface area contributed by atoms with Crippen molar-refractivity contribution >= 4 is 0 Å². The standard InChI is InChI=1S/C14H19NO2/c1-11-2-4-12(5-3-11)13-16-10-14(17-13)6-8-15-9-7-14/h2-5,13,15H,6-10H2,1H3. The Hall–Kier alpha value is -0.900. The lowest BCUT2D eigenvalue weighted by atomic mass is 9.94. The Morgan fingerprint density at radius 3 is 2.59 bits per heavy atom. The number of hydrogen-bond donors (Lipinski definition) is 1. The summed E-state index contributed by atoms with van der Waals surface area (Å²) in [7, 11) is 0. The molecule has 2 fully saturated rings. The fraction of sp³-hybridized carbons (Fsp3) is 0.571. The Morgan fingerprint density at radius 2 is 1.88 bits per heavy atom. The minimum absolute atomic E-state index is 0.0409. The molecule has 3 rings (SSSR count). The summed E-state index contributed by atoms with van der Waals surface area (Å²) in [4.78, 5) is 0. The minimum atomic E-state index is -0.173. The van der Waals surface area contributed by atoms with E-state index < -0.39 is 0 Å². The van der Waals surface area contributed by atoms with Gasteiger partial charge >= 0.3 is 0 Å². The second-order valence-corrected chi connectivity index (χ2v) is 5.10. The Bertz CT molecular complexity index is 382. The normalized spacial score (nSPS) is 27.5. The molecule has 1 spiro atoms. The zero-order valence-electron chi connectivity index (χ0n) is 10.2. The Morgan fingerprint density at radius 1 is 1.18 bits per heavy atom. The summed E-state index contributed by atoms with van der Waals surface area (Å²) >= 11 is 0. The summed E-state index contributed by atoms with van der Waals surface area (Å²) in [6.45, 7) is 4.88. The van der Waals surface area contributed by atoms with Gasteiger partial charge in [0, 0.05) is 5.56 Å². The summed E-state index contributed by atoms with van der Waals surface area (Å²) in [5.74, 6) is 0. The Balaban J connectivity index is 1.72. The number of aryl methyl sites for hydroxylation is 1. The van der Waals surface area contributed by atoms with Crippen LogP contribution in [0, 0.1) is 6.92 Å². The van der Waals surface area contributed by atoms with Crippen molar-refractivity contribution in [3.05, 3.63) is 35.4 Å². The molecule has 0 aliphatic carbocycles. The smallest absolute Gasteiger partial charge is 0.184 e. The van der Waals surface area contributed by atoms with E-state index in [1.165, 1.54) is 5.56 Å². The van der Waals surface area contributed by atoms with Crippen molar-refractivity contribution in [3.8, 4) is 0 Å². The monoisotopic (exact) mass is 233 g/mol. The van der Waals surface area contributed by atoms with Gasteiger partial charge in [0.05, 0.1) is 12.2 Å². The minimum Gasteiger partial charge on any atom is -0.345 e. The highest BCUT2D eigenvalue weighted by Crippen LogP contribution is 2.38. The third-order valence-corrected chi connectivity index (χ3v) is 3.72. The van der Waals surface area contributed by atoms with Gasteiger partial charge in [-0.1, -0.05) is 29.8 Å². The molecule has 2 saturated heterocycles. The van der Waals surface area contributed by atoms with Gasteiger partial charge in [-0.2, -0.15) is 0 Å². The van der Waals surface area contributed by atoms with Gasteiger partial charge in [0.15, 0.2) is 6.29 Å². The van der Waals surface area contributed by atoms with E-state index in [1.54, 1.807) is 0 Å². The van der Waals surface area contributed by atoms with Crippen LogP contribution in [0.15, 0.2) is 24.3 Å². The molecular weight excluding hydrogens is 214 g/mol. The quantitative estimate of drug-likeness (QED) is 0.806. The summed E-state index contributed by atoms with van der Waals surface area (Å²) in [5, 5.41) is 3.36. The topological polar surface area (TPSA) is 30.5 Å². The second-order valence-electron chi connectivity index (χ2n) is 5.10. The van der Waals surface area contributed by atoms with Crippen molar-refractivity contribution in [3.63, 3.8) is 0 Å². The molecule has 0 bridgehead atoms. The predicted octanol–water partition coefficient (Wildman–Crippen LogP) is 2.16. The van der Waals surface area contributed by atoms with E-state index in [4.69, 9.17) is 9.47 Å². The summed E-state index contributed by atoms with van der Waals surface area (Å²) in [5.41, 5.74) is 2.36. The van der Waals surface area contributed by atoms with Gasteiger partial charge in [-0.05, 0) is 32.9 Å². The first-order valence-corrected chi connectivity index (χ1v) is 6.34. The number of rotatable bonds is 1. The van der Waals surface area contributed by atoms with Crippen LogP contribution < -0.4 is 5.32 Å². The summed E-state index contributed by atoms with van der Waals surface area (Å²) in [6, 6.07) is 8.41. The van der Waals surface area contributed by atoms with Crippen molar-refractivity contribution in [1.82, 2.24) is 5.32 Å². The molecule has 3 nitrogen and oxygen atoms in total. The lowest BCUT2D eigenvalue weighted by Crippen LogP contribution is -2.43. The van der Waals surface area contributed by atoms with Crippen molar-refractivity contribution in [2.75, 3.05) is 19.7 Å². The number of nitrogens with one attached hydrogen (secondary N) is 1. The first-order valence-electron chi connectivity index (χ1n) is 6.34. The van der Waals surface area contributed by atoms with E-state index in [-0.39, 0.29) is 11.9 Å². The Labute approximate surface area is 102 Å². The summed E-state index contributed by atoms with van der Waals surface area (Å²) in [6.07, 6.45) is 1.93. The van der Waals surface area contributed by atoms with Gasteiger partial charge in [-0.25, -0.2) is 0 Å². The first kappa shape index (κ1) is 11.2. The first-order chi connectivity index (χ1) is 8.27. The zero-order valence-corrected chi connectivity index (χ0v) is 10.2. The maximum Gasteiger partial charge on any atom is 0.184 e. The number of piperidine rings is 1. The highest BCUT2D eigenvalue weighted by molar-refractivity contribution is 5.22. The average molecular weight is 233 g/mol. The highest BCUT2D eigenvalue weighted by atomic mass is 16.7. The molecule has 92 valence electrons. The van der Waals surface area contributed by atoms with Crippen LogP contribution in [0.3, 0.4) is 0 Å². The second kappa shape index (κ2) is 4.41. The van der Waals surface area contributed by atoms with Crippen LogP contribution >= 0.6 is 0 Å². The van der Waals surface area contributed by atoms with E-state index in [0.29, 0.717) is 0 Å². The van der Waals surface area contributed by atoms with Crippen molar-refractivity contribution in [2.24, 2.45) is 0 Å². The third kappa shape index (κ3) is 2.23. The molecule has 1 aromatic rings. The largest absolute Gasteiger partial charge is 0.345 e. The third-order valence-electron chi connectivity index (χ3n) is 3.72. The van der Waals surface area contributed by atoms with E-state index in [9.17, 15) is 0 Å². The molecule has 0 radical (unpaired) electrons. The molecule has 1 N–H and O–H groups in total. The fourth-order valence-electron chi connectivity index (χ4n) is 2.56. The number of ether oxygens (including phenoxy) is 2. The van der Waals surface area contributed by atoms with E-state index >= 15 is 0 Å². The maximum absolute atomic E-state index is 6.15. The van der Waals surface area contributed by atoms with Crippen LogP contribution in [0.5, 0.6) is 0 Å². The zero-order chi connectivity index (χ0) is 11.7. The lowest BCUT2D eigenvalue weighted by molar-refractivity contribution is -0.101. The molecular formula is C14H19NO2. The molecule has 2 heterocycles. The van der Waals surface area contributed by atoms with E-state index in [0.717, 1.165) is 38.1 Å². The van der Waals surface area contributed by atoms with Gasteiger partial charge in [-0.15, -0.1) is 0 Å². The molecule has 0 amide bonds. The maximum atomic E-state index is 6.15. The van der Waals surface area contributed by atoms with Gasteiger partial charge in [0.25, 0.3) is 0 Å². The lowest BCUT2D eigenvalue weighted by Gasteiger charge is -2.31. The SMILES string of the molecule is Cc1ccc(C2OCC3(CCNCC3)O2)cc1. The molecule has 0 saturated carbocycles. The van der Waals surface area contributed by atoms with Crippen LogP contribution in [0.4, 0.5) is 0 Å². The molecule has 1 atom stereocenters. The van der Waals surface area contributed by atoms with E-state index in [2.05, 4.69) is 36.5 Å².